The van der Waals surface area contributed by atoms with E-state index in [2.05, 4.69) is 24.1 Å². The van der Waals surface area contributed by atoms with E-state index in [0.29, 0.717) is 17.7 Å². The van der Waals surface area contributed by atoms with Gasteiger partial charge in [-0.05, 0) is 24.2 Å². The van der Waals surface area contributed by atoms with Gasteiger partial charge in [0.1, 0.15) is 6.61 Å². The Labute approximate surface area is 187 Å². The van der Waals surface area contributed by atoms with Crippen LogP contribution in [0.5, 0.6) is 0 Å². The van der Waals surface area contributed by atoms with Gasteiger partial charge in [-0.2, -0.15) is 8.42 Å². The lowest BCUT2D eigenvalue weighted by atomic mass is 9.82. The number of primary amides is 1. The van der Waals surface area contributed by atoms with Gasteiger partial charge in [-0.1, -0.05) is 74.5 Å². The Bertz CT molecular complexity index is 902. The third kappa shape index (κ3) is 8.63. The van der Waals surface area contributed by atoms with Crippen LogP contribution in [0.15, 0.2) is 60.7 Å². The minimum atomic E-state index is -4.67. The third-order valence-electron chi connectivity index (χ3n) is 4.57. The van der Waals surface area contributed by atoms with Crippen molar-refractivity contribution in [2.75, 3.05) is 26.2 Å². The SMILES string of the molecule is CCN(CC)CCOC(=O)C(NC(N)=O)(c1ccccc1)c1ccccc1.O=S(=O)(O)O. The summed E-state index contributed by atoms with van der Waals surface area (Å²) >= 11 is 0. The fourth-order valence-electron chi connectivity index (χ4n) is 3.07. The number of amides is 2. The number of carbonyl (C=O) groups excluding carboxylic acids is 2. The van der Waals surface area contributed by atoms with Crippen molar-refractivity contribution in [3.8, 4) is 0 Å². The van der Waals surface area contributed by atoms with Crippen molar-refractivity contribution in [1.82, 2.24) is 10.2 Å². The van der Waals surface area contributed by atoms with Gasteiger partial charge in [0.05, 0.1) is 0 Å². The lowest BCUT2D eigenvalue weighted by molar-refractivity contribution is -0.150. The summed E-state index contributed by atoms with van der Waals surface area (Å²) in [6.07, 6.45) is 0. The molecule has 0 spiro atoms. The van der Waals surface area contributed by atoms with E-state index in [-0.39, 0.29) is 6.61 Å². The number of carbonyl (C=O) groups is 2. The molecule has 0 saturated carbocycles. The van der Waals surface area contributed by atoms with Gasteiger partial charge in [-0.3, -0.25) is 9.11 Å². The molecule has 0 bridgehead atoms. The Kier molecular flexibility index (Phi) is 10.8. The maximum Gasteiger partial charge on any atom is 0.394 e. The van der Waals surface area contributed by atoms with Crippen LogP contribution < -0.4 is 11.1 Å². The van der Waals surface area contributed by atoms with Crippen LogP contribution in [0.1, 0.15) is 25.0 Å². The fraction of sp³-hybridized carbons (Fsp3) is 0.333. The van der Waals surface area contributed by atoms with E-state index >= 15 is 0 Å². The number of ether oxygens (including phenoxy) is 1. The summed E-state index contributed by atoms with van der Waals surface area (Å²) in [5.74, 6) is -0.564. The van der Waals surface area contributed by atoms with Crippen LogP contribution in [0.25, 0.3) is 0 Å². The molecule has 11 heteroatoms. The third-order valence-corrected chi connectivity index (χ3v) is 4.57. The van der Waals surface area contributed by atoms with Gasteiger partial charge in [0.15, 0.2) is 5.54 Å². The smallest absolute Gasteiger partial charge is 0.394 e. The topological polar surface area (TPSA) is 159 Å². The minimum Gasteiger partial charge on any atom is -0.462 e. The molecule has 2 aromatic rings. The molecule has 0 saturated heterocycles. The molecule has 0 aliphatic carbocycles. The standard InChI is InChI=1S/C21H27N3O3.H2O4S/c1-3-24(4-2)15-16-27-19(25)21(23-20(22)26,17-11-7-5-8-12-17)18-13-9-6-10-14-18;1-5(2,3)4/h5-14H,3-4,15-16H2,1-2H3,(H3,22,23,26);(H2,1,2,3,4). The van der Waals surface area contributed by atoms with Gasteiger partial charge >= 0.3 is 22.4 Å². The fourth-order valence-corrected chi connectivity index (χ4v) is 3.07. The Morgan fingerprint density at radius 3 is 1.72 bits per heavy atom. The minimum absolute atomic E-state index is 0.225. The number of hydrogen-bond donors (Lipinski definition) is 4. The number of nitrogens with zero attached hydrogens (tertiary/aromatic N) is 1. The number of esters is 1. The maximum atomic E-state index is 13.2. The van der Waals surface area contributed by atoms with Crippen molar-refractivity contribution in [2.24, 2.45) is 5.73 Å². The highest BCUT2D eigenvalue weighted by molar-refractivity contribution is 7.79. The van der Waals surface area contributed by atoms with Crippen LogP contribution in [0.4, 0.5) is 4.79 Å². The molecule has 5 N–H and O–H groups in total. The van der Waals surface area contributed by atoms with E-state index in [9.17, 15) is 9.59 Å². The van der Waals surface area contributed by atoms with E-state index in [1.165, 1.54) is 0 Å². The molecular weight excluding hydrogens is 438 g/mol. The second-order valence-electron chi connectivity index (χ2n) is 6.58. The Morgan fingerprint density at radius 2 is 1.38 bits per heavy atom. The summed E-state index contributed by atoms with van der Waals surface area (Å²) < 4.78 is 37.2. The highest BCUT2D eigenvalue weighted by Crippen LogP contribution is 2.31. The van der Waals surface area contributed by atoms with Gasteiger partial charge in [0.2, 0.25) is 0 Å². The molecule has 0 aromatic heterocycles. The lowest BCUT2D eigenvalue weighted by Crippen LogP contribution is -2.55. The van der Waals surface area contributed by atoms with E-state index in [1.54, 1.807) is 48.5 Å². The average Bonchev–Trinajstić information content (AvgIpc) is 2.75. The van der Waals surface area contributed by atoms with Crippen LogP contribution in [-0.2, 0) is 25.5 Å². The highest BCUT2D eigenvalue weighted by Gasteiger charge is 2.44. The quantitative estimate of drug-likeness (QED) is 0.321. The van der Waals surface area contributed by atoms with Gasteiger partial charge in [0.25, 0.3) is 0 Å². The van der Waals surface area contributed by atoms with E-state index in [4.69, 9.17) is 28.0 Å². The molecule has 176 valence electrons. The molecular formula is C21H29N3O7S. The Morgan fingerprint density at radius 1 is 0.969 bits per heavy atom. The number of rotatable bonds is 9. The van der Waals surface area contributed by atoms with E-state index in [1.807, 2.05) is 12.1 Å². The van der Waals surface area contributed by atoms with E-state index in [0.717, 1.165) is 13.1 Å². The molecule has 2 amide bonds. The molecule has 10 nitrogen and oxygen atoms in total. The zero-order chi connectivity index (χ0) is 24.2. The van der Waals surface area contributed by atoms with Crippen LogP contribution in [0.2, 0.25) is 0 Å². The molecule has 32 heavy (non-hydrogen) atoms. The maximum absolute atomic E-state index is 13.2. The van der Waals surface area contributed by atoms with Crippen molar-refractivity contribution in [2.45, 2.75) is 19.4 Å². The molecule has 0 aliphatic rings. The number of likely N-dealkylation sites (N-methyl/N-ethyl adjacent to an activating group) is 1. The summed E-state index contributed by atoms with van der Waals surface area (Å²) in [6, 6.07) is 17.2. The predicted molar refractivity (Wildman–Crippen MR) is 119 cm³/mol. The number of hydrogen-bond acceptors (Lipinski definition) is 6. The first-order valence-corrected chi connectivity index (χ1v) is 11.2. The summed E-state index contributed by atoms with van der Waals surface area (Å²) in [5.41, 5.74) is 5.11. The number of benzene rings is 2. The molecule has 0 heterocycles. The summed E-state index contributed by atoms with van der Waals surface area (Å²) in [4.78, 5) is 27.2. The second-order valence-corrected chi connectivity index (χ2v) is 7.48. The summed E-state index contributed by atoms with van der Waals surface area (Å²) in [6.45, 7) is 6.69. The van der Waals surface area contributed by atoms with Crippen LogP contribution in [-0.4, -0.2) is 60.7 Å². The van der Waals surface area contributed by atoms with Gasteiger partial charge in [0, 0.05) is 6.54 Å². The normalized spacial score (nSPS) is 11.3. The highest BCUT2D eigenvalue weighted by atomic mass is 32.3. The number of urea groups is 1. The van der Waals surface area contributed by atoms with Crippen molar-refractivity contribution in [1.29, 1.82) is 0 Å². The number of nitrogens with one attached hydrogen (secondary N) is 1. The lowest BCUT2D eigenvalue weighted by Gasteiger charge is -2.33. The van der Waals surface area contributed by atoms with Crippen molar-refractivity contribution >= 4 is 22.4 Å². The average molecular weight is 468 g/mol. The first kappa shape index (κ1) is 27.0. The summed E-state index contributed by atoms with van der Waals surface area (Å²) in [7, 11) is -4.67. The molecule has 0 fully saturated rings. The second kappa shape index (κ2) is 12.8. The first-order valence-electron chi connectivity index (χ1n) is 9.82. The van der Waals surface area contributed by atoms with Crippen LogP contribution in [0, 0.1) is 0 Å². The zero-order valence-electron chi connectivity index (χ0n) is 18.0. The molecule has 0 unspecified atom stereocenters. The van der Waals surface area contributed by atoms with Crippen LogP contribution >= 0.6 is 0 Å². The zero-order valence-corrected chi connectivity index (χ0v) is 18.8. The monoisotopic (exact) mass is 467 g/mol. The van der Waals surface area contributed by atoms with Crippen LogP contribution in [0.3, 0.4) is 0 Å². The Balaban J connectivity index is 0.000000920. The first-order chi connectivity index (χ1) is 15.0. The molecule has 2 aromatic carbocycles. The largest absolute Gasteiger partial charge is 0.462 e. The molecule has 0 aliphatic heterocycles. The van der Waals surface area contributed by atoms with E-state index < -0.39 is 27.9 Å². The molecule has 0 atom stereocenters. The molecule has 0 radical (unpaired) electrons. The van der Waals surface area contributed by atoms with Crippen molar-refractivity contribution in [3.05, 3.63) is 71.8 Å². The summed E-state index contributed by atoms with van der Waals surface area (Å²) in [5, 5.41) is 2.64. The van der Waals surface area contributed by atoms with Gasteiger partial charge in [-0.25, -0.2) is 9.59 Å². The van der Waals surface area contributed by atoms with Gasteiger partial charge in [-0.15, -0.1) is 0 Å². The van der Waals surface area contributed by atoms with Crippen molar-refractivity contribution in [3.63, 3.8) is 0 Å². The molecule has 2 rings (SSSR count). The number of nitrogens with two attached hydrogens (primary N) is 1. The Hall–Kier alpha value is -2.99. The predicted octanol–water partition coefficient (Wildman–Crippen LogP) is 1.83. The van der Waals surface area contributed by atoms with Gasteiger partial charge < -0.3 is 20.7 Å². The van der Waals surface area contributed by atoms with Crippen molar-refractivity contribution < 1.29 is 31.8 Å².